The second-order valence-corrected chi connectivity index (χ2v) is 7.00. The summed E-state index contributed by atoms with van der Waals surface area (Å²) in [5.41, 5.74) is 1.11. The van der Waals surface area contributed by atoms with Gasteiger partial charge in [-0.2, -0.15) is 0 Å². The molecule has 0 spiro atoms. The molecule has 1 aromatic rings. The number of aliphatic carboxylic acids is 1. The van der Waals surface area contributed by atoms with E-state index >= 15 is 0 Å². The minimum absolute atomic E-state index is 0.173. The topological polar surface area (TPSA) is 79.3 Å². The van der Waals surface area contributed by atoms with Gasteiger partial charge in [0, 0.05) is 4.88 Å². The minimum Gasteiger partial charge on any atom is -0.481 e. The van der Waals surface area contributed by atoms with Crippen LogP contribution in [0.4, 0.5) is 5.13 Å². The number of anilines is 1. The van der Waals surface area contributed by atoms with E-state index in [1.807, 2.05) is 0 Å². The summed E-state index contributed by atoms with van der Waals surface area (Å²) in [4.78, 5) is 29.4. The molecule has 1 fully saturated rings. The summed E-state index contributed by atoms with van der Waals surface area (Å²) in [5, 5.41) is 12.8. The lowest BCUT2D eigenvalue weighted by Crippen LogP contribution is -2.36. The van der Waals surface area contributed by atoms with Gasteiger partial charge >= 0.3 is 5.97 Å². The number of thiazole rings is 1. The van der Waals surface area contributed by atoms with Crippen LogP contribution >= 0.6 is 11.3 Å². The zero-order chi connectivity index (χ0) is 14.8. The van der Waals surface area contributed by atoms with Gasteiger partial charge < -0.3 is 10.4 Å². The van der Waals surface area contributed by atoms with Gasteiger partial charge in [-0.05, 0) is 38.5 Å². The molecule has 1 amide bonds. The van der Waals surface area contributed by atoms with Crippen LogP contribution in [0, 0.1) is 11.8 Å². The summed E-state index contributed by atoms with van der Waals surface area (Å²) >= 11 is 1.55. The Morgan fingerprint density at radius 2 is 1.81 bits per heavy atom. The monoisotopic (exact) mass is 308 g/mol. The summed E-state index contributed by atoms with van der Waals surface area (Å²) < 4.78 is 0. The van der Waals surface area contributed by atoms with E-state index in [2.05, 4.69) is 10.3 Å². The van der Waals surface area contributed by atoms with Gasteiger partial charge in [0.25, 0.3) is 0 Å². The number of amides is 1. The van der Waals surface area contributed by atoms with Crippen molar-refractivity contribution in [3.05, 3.63) is 10.6 Å². The Balaban J connectivity index is 1.70. The first kappa shape index (κ1) is 14.5. The van der Waals surface area contributed by atoms with Crippen molar-refractivity contribution in [2.45, 2.75) is 51.4 Å². The molecule has 0 radical (unpaired) electrons. The quantitative estimate of drug-likeness (QED) is 0.900. The van der Waals surface area contributed by atoms with E-state index in [4.69, 9.17) is 0 Å². The summed E-state index contributed by atoms with van der Waals surface area (Å²) in [5.74, 6) is -1.99. The van der Waals surface area contributed by atoms with E-state index in [0.29, 0.717) is 18.0 Å². The number of aromatic nitrogens is 1. The Bertz CT molecular complexity index is 532. The first-order chi connectivity index (χ1) is 10.1. The number of aryl methyl sites for hydroxylation is 2. The van der Waals surface area contributed by atoms with E-state index in [-0.39, 0.29) is 5.91 Å². The van der Waals surface area contributed by atoms with Crippen LogP contribution in [-0.4, -0.2) is 22.0 Å². The summed E-state index contributed by atoms with van der Waals surface area (Å²) in [7, 11) is 0. The van der Waals surface area contributed by atoms with E-state index in [0.717, 1.165) is 37.8 Å². The second-order valence-electron chi connectivity index (χ2n) is 5.92. The van der Waals surface area contributed by atoms with Crippen LogP contribution in [0.25, 0.3) is 0 Å². The number of rotatable bonds is 3. The number of hydrogen-bond acceptors (Lipinski definition) is 4. The zero-order valence-corrected chi connectivity index (χ0v) is 12.7. The number of fused-ring (bicyclic) bond motifs is 1. The van der Waals surface area contributed by atoms with Crippen LogP contribution in [0.15, 0.2) is 0 Å². The number of carbonyl (C=O) groups excluding carboxylic acids is 1. The Kier molecular flexibility index (Phi) is 4.24. The highest BCUT2D eigenvalue weighted by Gasteiger charge is 2.36. The molecule has 0 aliphatic heterocycles. The number of carboxylic acid groups (broad SMARTS) is 1. The summed E-state index contributed by atoms with van der Waals surface area (Å²) in [6.07, 6.45) is 7.46. The van der Waals surface area contributed by atoms with Crippen molar-refractivity contribution in [3.8, 4) is 0 Å². The molecule has 2 N–H and O–H groups in total. The molecule has 6 heteroatoms. The van der Waals surface area contributed by atoms with Gasteiger partial charge in [0.15, 0.2) is 5.13 Å². The van der Waals surface area contributed by atoms with Gasteiger partial charge in [-0.3, -0.25) is 9.59 Å². The first-order valence-corrected chi connectivity index (χ1v) is 8.49. The lowest BCUT2D eigenvalue weighted by molar-refractivity contribution is -0.147. The number of carboxylic acids is 1. The lowest BCUT2D eigenvalue weighted by Gasteiger charge is -2.26. The number of hydrogen-bond donors (Lipinski definition) is 2. The molecule has 2 atom stereocenters. The maximum absolute atomic E-state index is 12.4. The third-order valence-electron chi connectivity index (χ3n) is 4.50. The number of carbonyl (C=O) groups is 2. The van der Waals surface area contributed by atoms with Gasteiger partial charge in [-0.15, -0.1) is 11.3 Å². The maximum Gasteiger partial charge on any atom is 0.307 e. The molecule has 5 nitrogen and oxygen atoms in total. The second kappa shape index (κ2) is 6.13. The molecule has 1 saturated carbocycles. The summed E-state index contributed by atoms with van der Waals surface area (Å²) in [6, 6.07) is 0. The predicted molar refractivity (Wildman–Crippen MR) is 80.5 cm³/mol. The molecule has 3 rings (SSSR count). The number of nitrogens with one attached hydrogen (secondary N) is 1. The molecule has 21 heavy (non-hydrogen) atoms. The molecule has 1 heterocycles. The molecule has 0 saturated heterocycles. The Morgan fingerprint density at radius 3 is 2.52 bits per heavy atom. The van der Waals surface area contributed by atoms with Crippen molar-refractivity contribution in [2.24, 2.45) is 11.8 Å². The fraction of sp³-hybridized carbons (Fsp3) is 0.667. The van der Waals surface area contributed by atoms with Crippen molar-refractivity contribution in [2.75, 3.05) is 5.32 Å². The van der Waals surface area contributed by atoms with E-state index < -0.39 is 17.8 Å². The third kappa shape index (κ3) is 3.10. The standard InChI is InChI=1S/C15H20N2O3S/c18-13(9-5-1-2-6-10(9)14(19)20)17-15-16-11-7-3-4-8-12(11)21-15/h9-10H,1-8H2,(H,19,20)(H,16,17,18). The van der Waals surface area contributed by atoms with Crippen molar-refractivity contribution >= 4 is 28.3 Å². The fourth-order valence-electron chi connectivity index (χ4n) is 3.34. The van der Waals surface area contributed by atoms with Crippen molar-refractivity contribution in [1.82, 2.24) is 4.98 Å². The van der Waals surface area contributed by atoms with Gasteiger partial charge in [0.1, 0.15) is 0 Å². The van der Waals surface area contributed by atoms with E-state index in [9.17, 15) is 14.7 Å². The van der Waals surface area contributed by atoms with Crippen LogP contribution in [0.3, 0.4) is 0 Å². The van der Waals surface area contributed by atoms with Crippen molar-refractivity contribution < 1.29 is 14.7 Å². The van der Waals surface area contributed by atoms with Crippen LogP contribution in [0.5, 0.6) is 0 Å². The Labute approximate surface area is 127 Å². The summed E-state index contributed by atoms with van der Waals surface area (Å²) in [6.45, 7) is 0. The van der Waals surface area contributed by atoms with Gasteiger partial charge in [0.2, 0.25) is 5.91 Å². The largest absolute Gasteiger partial charge is 0.481 e. The van der Waals surface area contributed by atoms with Crippen LogP contribution < -0.4 is 5.32 Å². The van der Waals surface area contributed by atoms with Crippen molar-refractivity contribution in [1.29, 1.82) is 0 Å². The van der Waals surface area contributed by atoms with Gasteiger partial charge in [0.05, 0.1) is 17.5 Å². The molecular formula is C15H20N2O3S. The highest BCUT2D eigenvalue weighted by Crippen LogP contribution is 2.33. The lowest BCUT2D eigenvalue weighted by atomic mass is 9.79. The smallest absolute Gasteiger partial charge is 0.307 e. The molecule has 2 unspecified atom stereocenters. The van der Waals surface area contributed by atoms with Crippen LogP contribution in [0.2, 0.25) is 0 Å². The minimum atomic E-state index is -0.853. The Morgan fingerprint density at radius 1 is 1.10 bits per heavy atom. The molecule has 0 aromatic carbocycles. The normalized spacial score (nSPS) is 25.1. The molecule has 0 bridgehead atoms. The highest BCUT2D eigenvalue weighted by molar-refractivity contribution is 7.15. The predicted octanol–water partition coefficient (Wildman–Crippen LogP) is 2.85. The average molecular weight is 308 g/mol. The molecule has 1 aromatic heterocycles. The third-order valence-corrected chi connectivity index (χ3v) is 5.57. The molecule has 2 aliphatic carbocycles. The maximum atomic E-state index is 12.4. The average Bonchev–Trinajstić information content (AvgIpc) is 2.89. The van der Waals surface area contributed by atoms with E-state index in [1.165, 1.54) is 11.3 Å². The van der Waals surface area contributed by atoms with Gasteiger partial charge in [-0.25, -0.2) is 4.98 Å². The van der Waals surface area contributed by atoms with E-state index in [1.54, 1.807) is 11.3 Å². The highest BCUT2D eigenvalue weighted by atomic mass is 32.1. The van der Waals surface area contributed by atoms with Crippen LogP contribution in [-0.2, 0) is 22.4 Å². The van der Waals surface area contributed by atoms with Crippen molar-refractivity contribution in [3.63, 3.8) is 0 Å². The van der Waals surface area contributed by atoms with Gasteiger partial charge in [-0.1, -0.05) is 12.8 Å². The molecule has 2 aliphatic rings. The van der Waals surface area contributed by atoms with Crippen LogP contribution in [0.1, 0.15) is 49.1 Å². The Hall–Kier alpha value is -1.43. The molecule has 114 valence electrons. The SMILES string of the molecule is O=C(O)C1CCCCC1C(=O)Nc1nc2c(s1)CCCC2. The fourth-order valence-corrected chi connectivity index (χ4v) is 4.40. The molecular weight excluding hydrogens is 288 g/mol. The number of nitrogens with zero attached hydrogens (tertiary/aromatic N) is 1. The zero-order valence-electron chi connectivity index (χ0n) is 11.9. The first-order valence-electron chi connectivity index (χ1n) is 7.67.